The number of methoxy groups -OCH3 is 1. The maximum atomic E-state index is 12.9. The summed E-state index contributed by atoms with van der Waals surface area (Å²) in [5.41, 5.74) is 2.01. The van der Waals surface area contributed by atoms with Crippen molar-refractivity contribution in [1.29, 1.82) is 0 Å². The van der Waals surface area contributed by atoms with Gasteiger partial charge in [-0.2, -0.15) is 0 Å². The maximum Gasteiger partial charge on any atom is 0.245 e. The van der Waals surface area contributed by atoms with Crippen LogP contribution in [0.2, 0.25) is 0 Å². The van der Waals surface area contributed by atoms with Crippen LogP contribution in [-0.2, 0) is 17.8 Å². The van der Waals surface area contributed by atoms with Gasteiger partial charge >= 0.3 is 0 Å². The zero-order chi connectivity index (χ0) is 18.4. The molecule has 0 bridgehead atoms. The first-order valence-electron chi connectivity index (χ1n) is 8.36. The van der Waals surface area contributed by atoms with Gasteiger partial charge in [-0.05, 0) is 40.6 Å². The SMILES string of the molecule is COc1cccc(CNC(=O)[C@@H](Cc2ccccc2)n2nnnc2C)c1. The molecule has 1 atom stereocenters. The number of rotatable bonds is 7. The largest absolute Gasteiger partial charge is 0.497 e. The highest BCUT2D eigenvalue weighted by Crippen LogP contribution is 2.16. The summed E-state index contributed by atoms with van der Waals surface area (Å²) in [5.74, 6) is 1.23. The van der Waals surface area contributed by atoms with E-state index in [0.717, 1.165) is 16.9 Å². The van der Waals surface area contributed by atoms with Crippen LogP contribution >= 0.6 is 0 Å². The number of benzene rings is 2. The Hall–Kier alpha value is -3.22. The summed E-state index contributed by atoms with van der Waals surface area (Å²) in [6.07, 6.45) is 0.511. The Morgan fingerprint density at radius 3 is 2.62 bits per heavy atom. The van der Waals surface area contributed by atoms with Crippen LogP contribution in [0, 0.1) is 6.92 Å². The highest BCUT2D eigenvalue weighted by molar-refractivity contribution is 5.80. The van der Waals surface area contributed by atoms with Gasteiger partial charge in [0.1, 0.15) is 17.6 Å². The number of carbonyl (C=O) groups excluding carboxylic acids is 1. The van der Waals surface area contributed by atoms with E-state index in [1.54, 1.807) is 18.7 Å². The quantitative estimate of drug-likeness (QED) is 0.705. The molecule has 0 fully saturated rings. The van der Waals surface area contributed by atoms with Gasteiger partial charge in [-0.1, -0.05) is 42.5 Å². The predicted octanol–water partition coefficient (Wildman–Crippen LogP) is 2.09. The van der Waals surface area contributed by atoms with Gasteiger partial charge in [0.05, 0.1) is 7.11 Å². The van der Waals surface area contributed by atoms with Crippen molar-refractivity contribution in [3.05, 3.63) is 71.5 Å². The molecule has 134 valence electrons. The van der Waals surface area contributed by atoms with E-state index in [-0.39, 0.29) is 5.91 Å². The molecule has 0 unspecified atom stereocenters. The van der Waals surface area contributed by atoms with Crippen molar-refractivity contribution in [2.45, 2.75) is 25.9 Å². The highest BCUT2D eigenvalue weighted by Gasteiger charge is 2.24. The standard InChI is InChI=1S/C19H21N5O2/c1-14-21-22-23-24(14)18(12-15-7-4-3-5-8-15)19(25)20-13-16-9-6-10-17(11-16)26-2/h3-11,18H,12-13H2,1-2H3,(H,20,25)/t18-/m1/s1. The Morgan fingerprint density at radius 1 is 1.15 bits per heavy atom. The minimum Gasteiger partial charge on any atom is -0.497 e. The zero-order valence-electron chi connectivity index (χ0n) is 14.8. The molecule has 0 saturated carbocycles. The smallest absolute Gasteiger partial charge is 0.245 e. The summed E-state index contributed by atoms with van der Waals surface area (Å²) in [6.45, 7) is 2.19. The molecule has 7 nitrogen and oxygen atoms in total. The molecule has 1 amide bonds. The van der Waals surface area contributed by atoms with Crippen LogP contribution in [0.1, 0.15) is 23.0 Å². The van der Waals surface area contributed by atoms with Crippen LogP contribution in [-0.4, -0.2) is 33.2 Å². The normalized spacial score (nSPS) is 11.8. The summed E-state index contributed by atoms with van der Waals surface area (Å²) >= 11 is 0. The van der Waals surface area contributed by atoms with E-state index in [1.165, 1.54) is 0 Å². The van der Waals surface area contributed by atoms with E-state index in [4.69, 9.17) is 4.74 Å². The molecule has 3 rings (SSSR count). The van der Waals surface area contributed by atoms with Crippen molar-refractivity contribution < 1.29 is 9.53 Å². The van der Waals surface area contributed by atoms with E-state index < -0.39 is 6.04 Å². The zero-order valence-corrected chi connectivity index (χ0v) is 14.8. The average Bonchev–Trinajstić information content (AvgIpc) is 3.11. The Labute approximate surface area is 152 Å². The molecule has 0 radical (unpaired) electrons. The molecule has 26 heavy (non-hydrogen) atoms. The van der Waals surface area contributed by atoms with Gasteiger partial charge < -0.3 is 10.1 Å². The van der Waals surface area contributed by atoms with Gasteiger partial charge in [0, 0.05) is 13.0 Å². The second-order valence-electron chi connectivity index (χ2n) is 5.95. The number of ether oxygens (including phenoxy) is 1. The second kappa shape index (κ2) is 8.24. The van der Waals surface area contributed by atoms with Gasteiger partial charge in [0.25, 0.3) is 0 Å². The lowest BCUT2D eigenvalue weighted by Crippen LogP contribution is -2.34. The fourth-order valence-corrected chi connectivity index (χ4v) is 2.74. The molecule has 1 N–H and O–H groups in total. The Kier molecular flexibility index (Phi) is 5.58. The minimum atomic E-state index is -0.516. The number of amides is 1. The van der Waals surface area contributed by atoms with Gasteiger partial charge in [-0.3, -0.25) is 4.79 Å². The maximum absolute atomic E-state index is 12.9. The Bertz CT molecular complexity index is 863. The summed E-state index contributed by atoms with van der Waals surface area (Å²) < 4.78 is 6.78. The first kappa shape index (κ1) is 17.6. The lowest BCUT2D eigenvalue weighted by Gasteiger charge is -2.18. The lowest BCUT2D eigenvalue weighted by molar-refractivity contribution is -0.124. The van der Waals surface area contributed by atoms with Crippen LogP contribution in [0.15, 0.2) is 54.6 Å². The fourth-order valence-electron chi connectivity index (χ4n) is 2.74. The monoisotopic (exact) mass is 351 g/mol. The first-order chi connectivity index (χ1) is 12.7. The number of hydrogen-bond acceptors (Lipinski definition) is 5. The van der Waals surface area contributed by atoms with Crippen LogP contribution < -0.4 is 10.1 Å². The van der Waals surface area contributed by atoms with E-state index in [0.29, 0.717) is 18.8 Å². The third-order valence-corrected chi connectivity index (χ3v) is 4.13. The highest BCUT2D eigenvalue weighted by atomic mass is 16.5. The van der Waals surface area contributed by atoms with Crippen molar-refractivity contribution in [2.24, 2.45) is 0 Å². The summed E-state index contributed by atoms with van der Waals surface area (Å²) in [7, 11) is 1.62. The van der Waals surface area contributed by atoms with Crippen molar-refractivity contribution in [2.75, 3.05) is 7.11 Å². The number of carbonyl (C=O) groups is 1. The molecule has 2 aromatic carbocycles. The van der Waals surface area contributed by atoms with E-state index in [1.807, 2.05) is 54.6 Å². The number of aryl methyl sites for hydroxylation is 1. The molecule has 0 aliphatic heterocycles. The van der Waals surface area contributed by atoms with Gasteiger partial charge in [0.15, 0.2) is 0 Å². The van der Waals surface area contributed by atoms with Crippen LogP contribution in [0.4, 0.5) is 0 Å². The van der Waals surface area contributed by atoms with Crippen LogP contribution in [0.5, 0.6) is 5.75 Å². The predicted molar refractivity (Wildman–Crippen MR) is 96.6 cm³/mol. The van der Waals surface area contributed by atoms with Gasteiger partial charge in [-0.25, -0.2) is 4.68 Å². The number of hydrogen-bond donors (Lipinski definition) is 1. The average molecular weight is 351 g/mol. The topological polar surface area (TPSA) is 81.9 Å². The van der Waals surface area contributed by atoms with E-state index >= 15 is 0 Å². The van der Waals surface area contributed by atoms with Gasteiger partial charge in [-0.15, -0.1) is 5.10 Å². The van der Waals surface area contributed by atoms with E-state index in [2.05, 4.69) is 20.8 Å². The second-order valence-corrected chi connectivity index (χ2v) is 5.95. The first-order valence-corrected chi connectivity index (χ1v) is 8.36. The molecule has 1 heterocycles. The molecule has 0 aliphatic rings. The molecule has 1 aromatic heterocycles. The lowest BCUT2D eigenvalue weighted by atomic mass is 10.1. The van der Waals surface area contributed by atoms with Crippen LogP contribution in [0.3, 0.4) is 0 Å². The summed E-state index contributed by atoms with van der Waals surface area (Å²) in [5, 5.41) is 14.5. The third-order valence-electron chi connectivity index (χ3n) is 4.13. The fraction of sp³-hybridized carbons (Fsp3) is 0.263. The van der Waals surface area contributed by atoms with E-state index in [9.17, 15) is 4.79 Å². The van der Waals surface area contributed by atoms with Gasteiger partial charge in [0.2, 0.25) is 5.91 Å². The molecule has 7 heteroatoms. The van der Waals surface area contributed by atoms with Crippen molar-refractivity contribution in [1.82, 2.24) is 25.5 Å². The molecular formula is C19H21N5O2. The number of nitrogens with zero attached hydrogens (tertiary/aromatic N) is 4. The molecule has 0 spiro atoms. The Balaban J connectivity index is 1.75. The van der Waals surface area contributed by atoms with Crippen molar-refractivity contribution in [3.63, 3.8) is 0 Å². The Morgan fingerprint density at radius 2 is 1.92 bits per heavy atom. The minimum absolute atomic E-state index is 0.132. The van der Waals surface area contributed by atoms with Crippen molar-refractivity contribution >= 4 is 5.91 Å². The number of tetrazole rings is 1. The number of aromatic nitrogens is 4. The van der Waals surface area contributed by atoms with Crippen molar-refractivity contribution in [3.8, 4) is 5.75 Å². The van der Waals surface area contributed by atoms with Crippen LogP contribution in [0.25, 0.3) is 0 Å². The summed E-state index contributed by atoms with van der Waals surface area (Å²) in [6, 6.07) is 16.9. The number of nitrogens with one attached hydrogen (secondary N) is 1. The summed E-state index contributed by atoms with van der Waals surface area (Å²) in [4.78, 5) is 12.9. The molecule has 3 aromatic rings. The third kappa shape index (κ3) is 4.24. The molecule has 0 saturated heterocycles. The molecule has 0 aliphatic carbocycles. The molecular weight excluding hydrogens is 330 g/mol.